The number of thiophene rings is 1. The number of carbonyl (C=O) groups is 1. The number of nitrogen functional groups attached to an aromatic ring is 1. The summed E-state index contributed by atoms with van der Waals surface area (Å²) in [4.78, 5) is 12.2. The van der Waals surface area contributed by atoms with Gasteiger partial charge in [0.25, 0.3) is 0 Å². The van der Waals surface area contributed by atoms with Gasteiger partial charge in [0.15, 0.2) is 0 Å². The maximum atomic E-state index is 11.2. The molecule has 0 aliphatic rings. The van der Waals surface area contributed by atoms with Crippen LogP contribution in [-0.4, -0.2) is 5.97 Å². The van der Waals surface area contributed by atoms with Crippen molar-refractivity contribution < 1.29 is 13.9 Å². The number of nitrogens with two attached hydrogens (primary N) is 1. The molecule has 1 aromatic carbocycles. The molecule has 0 unspecified atom stereocenters. The Morgan fingerprint density at radius 2 is 2.16 bits per heavy atom. The first-order valence-electron chi connectivity index (χ1n) is 5.70. The summed E-state index contributed by atoms with van der Waals surface area (Å²) >= 11 is 1.56. The lowest BCUT2D eigenvalue weighted by Gasteiger charge is -2.03. The monoisotopic (exact) mass is 273 g/mol. The second-order valence-electron chi connectivity index (χ2n) is 4.04. The van der Waals surface area contributed by atoms with Crippen LogP contribution in [-0.2, 0) is 4.79 Å². The summed E-state index contributed by atoms with van der Waals surface area (Å²) in [5.41, 5.74) is 7.33. The fourth-order valence-corrected chi connectivity index (χ4v) is 2.82. The van der Waals surface area contributed by atoms with Gasteiger partial charge in [-0.05, 0) is 23.6 Å². The average molecular weight is 273 g/mol. The van der Waals surface area contributed by atoms with Crippen LogP contribution in [0.25, 0.3) is 21.4 Å². The molecule has 0 aliphatic carbocycles. The summed E-state index contributed by atoms with van der Waals surface area (Å²) in [6.07, 6.45) is 0. The number of fused-ring (bicyclic) bond motifs is 1. The highest BCUT2D eigenvalue weighted by Gasteiger charge is 2.19. The molecule has 4 nitrogen and oxygen atoms in total. The van der Waals surface area contributed by atoms with Crippen molar-refractivity contribution in [3.8, 4) is 16.2 Å². The van der Waals surface area contributed by atoms with Crippen LogP contribution in [0.4, 0.5) is 5.88 Å². The molecule has 0 atom stereocenters. The van der Waals surface area contributed by atoms with Crippen molar-refractivity contribution in [2.24, 2.45) is 0 Å². The van der Waals surface area contributed by atoms with E-state index in [1.165, 1.54) is 6.92 Å². The topological polar surface area (TPSA) is 65.5 Å². The van der Waals surface area contributed by atoms with E-state index in [2.05, 4.69) is 0 Å². The number of hydrogen-bond acceptors (Lipinski definition) is 5. The number of furan rings is 1. The number of hydrogen-bond donors (Lipinski definition) is 1. The van der Waals surface area contributed by atoms with Crippen LogP contribution in [0.15, 0.2) is 40.1 Å². The van der Waals surface area contributed by atoms with Crippen molar-refractivity contribution in [1.82, 2.24) is 0 Å². The first-order chi connectivity index (χ1) is 9.16. The minimum absolute atomic E-state index is 0.331. The molecular weight excluding hydrogens is 262 g/mol. The fourth-order valence-electron chi connectivity index (χ4n) is 2.04. The number of ether oxygens (including phenoxy) is 1. The maximum absolute atomic E-state index is 11.2. The Balaban J connectivity index is 2.31. The zero-order valence-corrected chi connectivity index (χ0v) is 11.0. The number of rotatable bonds is 2. The third kappa shape index (κ3) is 1.98. The molecule has 19 heavy (non-hydrogen) atoms. The summed E-state index contributed by atoms with van der Waals surface area (Å²) in [5, 5.41) is 2.69. The molecule has 3 rings (SSSR count). The maximum Gasteiger partial charge on any atom is 0.308 e. The standard InChI is InChI=1S/C14H11NO3S/c1-8(16)17-9-4-2-5-10-12(9)13(14(15)18-10)11-6-3-7-19-11/h2-7H,15H2,1H3. The largest absolute Gasteiger partial charge is 0.440 e. The van der Waals surface area contributed by atoms with Crippen molar-refractivity contribution in [3.63, 3.8) is 0 Å². The Hall–Kier alpha value is -2.27. The van der Waals surface area contributed by atoms with E-state index in [0.717, 1.165) is 15.8 Å². The van der Waals surface area contributed by atoms with Gasteiger partial charge in [0, 0.05) is 11.8 Å². The van der Waals surface area contributed by atoms with Crippen LogP contribution in [0.5, 0.6) is 5.75 Å². The van der Waals surface area contributed by atoms with E-state index in [1.54, 1.807) is 29.5 Å². The summed E-state index contributed by atoms with van der Waals surface area (Å²) in [5.74, 6) is 0.426. The quantitative estimate of drug-likeness (QED) is 0.571. The highest BCUT2D eigenvalue weighted by molar-refractivity contribution is 7.13. The van der Waals surface area contributed by atoms with E-state index in [9.17, 15) is 4.79 Å². The van der Waals surface area contributed by atoms with E-state index in [4.69, 9.17) is 14.9 Å². The lowest BCUT2D eigenvalue weighted by molar-refractivity contribution is -0.131. The summed E-state index contributed by atoms with van der Waals surface area (Å²) in [7, 11) is 0. The minimum atomic E-state index is -0.371. The van der Waals surface area contributed by atoms with Crippen LogP contribution in [0, 0.1) is 0 Å². The smallest absolute Gasteiger partial charge is 0.308 e. The molecular formula is C14H11NO3S. The molecule has 0 bridgehead atoms. The van der Waals surface area contributed by atoms with Crippen molar-refractivity contribution in [1.29, 1.82) is 0 Å². The molecule has 0 aliphatic heterocycles. The lowest BCUT2D eigenvalue weighted by Crippen LogP contribution is -2.01. The Labute approximate surface area is 113 Å². The molecule has 5 heteroatoms. The third-order valence-corrected chi connectivity index (χ3v) is 3.61. The normalized spacial score (nSPS) is 10.8. The van der Waals surface area contributed by atoms with Gasteiger partial charge in [-0.3, -0.25) is 4.79 Å². The van der Waals surface area contributed by atoms with Crippen LogP contribution in [0.2, 0.25) is 0 Å². The van der Waals surface area contributed by atoms with E-state index in [1.807, 2.05) is 17.5 Å². The van der Waals surface area contributed by atoms with Gasteiger partial charge >= 0.3 is 5.97 Å². The number of benzene rings is 1. The predicted octanol–water partition coefficient (Wildman–Crippen LogP) is 3.67. The van der Waals surface area contributed by atoms with Gasteiger partial charge in [-0.15, -0.1) is 11.3 Å². The minimum Gasteiger partial charge on any atom is -0.440 e. The molecule has 0 spiro atoms. The van der Waals surface area contributed by atoms with E-state index < -0.39 is 0 Å². The zero-order chi connectivity index (χ0) is 13.4. The molecule has 0 saturated carbocycles. The molecule has 2 N–H and O–H groups in total. The van der Waals surface area contributed by atoms with Crippen LogP contribution < -0.4 is 10.5 Å². The van der Waals surface area contributed by atoms with Crippen molar-refractivity contribution in [3.05, 3.63) is 35.7 Å². The van der Waals surface area contributed by atoms with E-state index in [-0.39, 0.29) is 5.97 Å². The molecule has 2 aromatic heterocycles. The second-order valence-corrected chi connectivity index (χ2v) is 4.99. The van der Waals surface area contributed by atoms with Gasteiger partial charge in [-0.1, -0.05) is 12.1 Å². The predicted molar refractivity (Wildman–Crippen MR) is 75.2 cm³/mol. The number of anilines is 1. The molecule has 0 fully saturated rings. The molecule has 2 heterocycles. The highest BCUT2D eigenvalue weighted by Crippen LogP contribution is 2.43. The summed E-state index contributed by atoms with van der Waals surface area (Å²) < 4.78 is 10.8. The molecule has 96 valence electrons. The SMILES string of the molecule is CC(=O)Oc1cccc2oc(N)c(-c3cccs3)c12. The molecule has 0 saturated heterocycles. The Morgan fingerprint density at radius 1 is 1.32 bits per heavy atom. The zero-order valence-electron chi connectivity index (χ0n) is 10.2. The van der Waals surface area contributed by atoms with Gasteiger partial charge in [0.2, 0.25) is 5.88 Å². The fraction of sp³-hybridized carbons (Fsp3) is 0.0714. The van der Waals surface area contributed by atoms with Crippen molar-refractivity contribution in [2.45, 2.75) is 6.92 Å². The number of esters is 1. The van der Waals surface area contributed by atoms with Crippen LogP contribution in [0.1, 0.15) is 6.92 Å². The Bertz CT molecular complexity index is 743. The van der Waals surface area contributed by atoms with Crippen LogP contribution >= 0.6 is 11.3 Å². The number of carbonyl (C=O) groups excluding carboxylic acids is 1. The first-order valence-corrected chi connectivity index (χ1v) is 6.58. The second kappa shape index (κ2) is 4.44. The average Bonchev–Trinajstić information content (AvgIpc) is 2.94. The van der Waals surface area contributed by atoms with Gasteiger partial charge in [-0.25, -0.2) is 0 Å². The highest BCUT2D eigenvalue weighted by atomic mass is 32.1. The van der Waals surface area contributed by atoms with Gasteiger partial charge in [0.05, 0.1) is 10.9 Å². The van der Waals surface area contributed by atoms with Crippen molar-refractivity contribution >= 4 is 34.2 Å². The van der Waals surface area contributed by atoms with Crippen molar-refractivity contribution in [2.75, 3.05) is 5.73 Å². The molecule has 0 amide bonds. The molecule has 3 aromatic rings. The molecule has 0 radical (unpaired) electrons. The van der Waals surface area contributed by atoms with Gasteiger partial charge < -0.3 is 14.9 Å². The van der Waals surface area contributed by atoms with Gasteiger partial charge in [0.1, 0.15) is 11.3 Å². The Kier molecular flexibility index (Phi) is 2.76. The summed E-state index contributed by atoms with van der Waals surface area (Å²) in [6, 6.07) is 9.19. The van der Waals surface area contributed by atoms with E-state index in [0.29, 0.717) is 17.2 Å². The summed E-state index contributed by atoms with van der Waals surface area (Å²) in [6.45, 7) is 1.37. The first kappa shape index (κ1) is 11.8. The van der Waals surface area contributed by atoms with Crippen LogP contribution in [0.3, 0.4) is 0 Å². The Morgan fingerprint density at radius 3 is 2.84 bits per heavy atom. The van der Waals surface area contributed by atoms with Gasteiger partial charge in [-0.2, -0.15) is 0 Å². The van der Waals surface area contributed by atoms with E-state index >= 15 is 0 Å². The third-order valence-electron chi connectivity index (χ3n) is 2.73. The lowest BCUT2D eigenvalue weighted by atomic mass is 10.1.